The van der Waals surface area contributed by atoms with Gasteiger partial charge in [-0.25, -0.2) is 22.2 Å². The zero-order valence-corrected chi connectivity index (χ0v) is 12.7. The molecule has 120 valence electrons. The van der Waals surface area contributed by atoms with Crippen molar-refractivity contribution in [3.8, 4) is 0 Å². The maximum Gasteiger partial charge on any atom is 0.269 e. The van der Waals surface area contributed by atoms with Crippen LogP contribution in [0, 0.1) is 11.7 Å². The van der Waals surface area contributed by atoms with Crippen molar-refractivity contribution in [2.45, 2.75) is 30.3 Å². The minimum absolute atomic E-state index is 0.0167. The number of pyridine rings is 1. The van der Waals surface area contributed by atoms with Crippen molar-refractivity contribution >= 4 is 21.5 Å². The third kappa shape index (κ3) is 1.98. The number of nitrogen functional groups attached to an aromatic ring is 1. The van der Waals surface area contributed by atoms with Gasteiger partial charge in [-0.3, -0.25) is 4.99 Å². The molecule has 1 saturated carbocycles. The second-order valence-corrected chi connectivity index (χ2v) is 8.13. The van der Waals surface area contributed by atoms with Gasteiger partial charge in [0.2, 0.25) is 0 Å². The average molecular weight is 330 g/mol. The van der Waals surface area contributed by atoms with E-state index in [1.54, 1.807) is 0 Å². The van der Waals surface area contributed by atoms with Gasteiger partial charge in [0.25, 0.3) is 5.00 Å². The first-order chi connectivity index (χ1) is 10.1. The van der Waals surface area contributed by atoms with Crippen molar-refractivity contribution in [3.63, 3.8) is 0 Å². The van der Waals surface area contributed by atoms with Crippen LogP contribution in [0.15, 0.2) is 17.1 Å². The second-order valence-electron chi connectivity index (χ2n) is 6.02. The molecule has 0 amide bonds. The predicted molar refractivity (Wildman–Crippen MR) is 77.9 cm³/mol. The van der Waals surface area contributed by atoms with E-state index in [9.17, 15) is 17.2 Å². The maximum atomic E-state index is 15.0. The van der Waals surface area contributed by atoms with E-state index in [4.69, 9.17) is 11.5 Å². The summed E-state index contributed by atoms with van der Waals surface area (Å²) in [6.07, 6.45) is 0.876. The number of aliphatic imine (C=N–C) groups is 1. The Balaban J connectivity index is 2.18. The van der Waals surface area contributed by atoms with Crippen LogP contribution in [0.4, 0.5) is 14.6 Å². The van der Waals surface area contributed by atoms with Crippen LogP contribution in [-0.4, -0.2) is 30.0 Å². The van der Waals surface area contributed by atoms with E-state index in [1.807, 2.05) is 0 Å². The quantitative estimate of drug-likeness (QED) is 0.836. The summed E-state index contributed by atoms with van der Waals surface area (Å²) in [7, 11) is -4.26. The van der Waals surface area contributed by atoms with Crippen molar-refractivity contribution in [2.24, 2.45) is 16.6 Å². The molecule has 0 bridgehead atoms. The Bertz CT molecular complexity index is 778. The Labute approximate surface area is 126 Å². The molecule has 9 heteroatoms. The van der Waals surface area contributed by atoms with E-state index in [1.165, 1.54) is 13.0 Å². The minimum atomic E-state index is -4.26. The highest BCUT2D eigenvalue weighted by molar-refractivity contribution is 7.93. The highest BCUT2D eigenvalue weighted by atomic mass is 32.2. The zero-order valence-electron chi connectivity index (χ0n) is 11.9. The fourth-order valence-corrected chi connectivity index (χ4v) is 5.14. The highest BCUT2D eigenvalue weighted by Gasteiger charge is 2.63. The molecular weight excluding hydrogens is 314 g/mol. The predicted octanol–water partition coefficient (Wildman–Crippen LogP) is 0.879. The summed E-state index contributed by atoms with van der Waals surface area (Å²) in [5, 5.41) is -2.66. The smallest absolute Gasteiger partial charge is 0.269 e. The summed E-state index contributed by atoms with van der Waals surface area (Å²) < 4.78 is 53.9. The summed E-state index contributed by atoms with van der Waals surface area (Å²) in [5.74, 6) is -2.76. The molecular formula is C13H16F2N4O2S. The number of amidine groups is 1. The molecule has 1 aliphatic heterocycles. The van der Waals surface area contributed by atoms with Gasteiger partial charge in [0.05, 0.1) is 5.75 Å². The van der Waals surface area contributed by atoms with E-state index in [-0.39, 0.29) is 11.5 Å². The number of hydrogen-bond acceptors (Lipinski definition) is 6. The Hall–Kier alpha value is -1.77. The molecule has 6 nitrogen and oxygen atoms in total. The van der Waals surface area contributed by atoms with Gasteiger partial charge in [-0.15, -0.1) is 0 Å². The number of halogens is 2. The topological polar surface area (TPSA) is 111 Å². The fourth-order valence-electron chi connectivity index (χ4n) is 2.88. The Morgan fingerprint density at radius 3 is 2.50 bits per heavy atom. The van der Waals surface area contributed by atoms with Gasteiger partial charge in [0, 0.05) is 5.92 Å². The molecule has 1 aromatic rings. The number of hydrogen-bond donors (Lipinski definition) is 2. The van der Waals surface area contributed by atoms with Gasteiger partial charge >= 0.3 is 0 Å². The molecule has 1 aromatic heterocycles. The Morgan fingerprint density at radius 2 is 1.95 bits per heavy atom. The van der Waals surface area contributed by atoms with E-state index in [0.29, 0.717) is 12.8 Å². The summed E-state index contributed by atoms with van der Waals surface area (Å²) in [6.45, 7) is 1.36. The van der Waals surface area contributed by atoms with Gasteiger partial charge in [-0.2, -0.15) is 0 Å². The number of nitrogens with zero attached hydrogens (tertiary/aromatic N) is 2. The standard InChI is InChI=1S/C13H16F2N4O2S/c1-12(10-8(14)4-5-9(16)18-10)6-22(20,21)13(15,7-2-3-7)11(17)19-12/h4-5,7H,2-3,6H2,1H3,(H2,16,18)(H2,17,19)/t12-,13-/m0/s1. The van der Waals surface area contributed by atoms with Crippen LogP contribution in [0.2, 0.25) is 0 Å². The number of sulfone groups is 1. The summed E-state index contributed by atoms with van der Waals surface area (Å²) in [4.78, 5) is 7.81. The van der Waals surface area contributed by atoms with Crippen LogP contribution in [0.5, 0.6) is 0 Å². The molecule has 0 unspecified atom stereocenters. The van der Waals surface area contributed by atoms with Crippen molar-refractivity contribution in [3.05, 3.63) is 23.6 Å². The molecule has 0 aromatic carbocycles. The fraction of sp³-hybridized carbons (Fsp3) is 0.538. The molecule has 2 aliphatic rings. The van der Waals surface area contributed by atoms with Crippen molar-refractivity contribution in [1.29, 1.82) is 0 Å². The van der Waals surface area contributed by atoms with Crippen LogP contribution in [0.3, 0.4) is 0 Å². The Morgan fingerprint density at radius 1 is 1.32 bits per heavy atom. The van der Waals surface area contributed by atoms with Gasteiger partial charge in [0.1, 0.15) is 28.7 Å². The van der Waals surface area contributed by atoms with E-state index in [0.717, 1.165) is 6.07 Å². The number of anilines is 1. The molecule has 4 N–H and O–H groups in total. The lowest BCUT2D eigenvalue weighted by atomic mass is 9.99. The maximum absolute atomic E-state index is 15.0. The zero-order chi connectivity index (χ0) is 16.3. The van der Waals surface area contributed by atoms with Crippen molar-refractivity contribution in [2.75, 3.05) is 11.5 Å². The first-order valence-corrected chi connectivity index (χ1v) is 8.45. The van der Waals surface area contributed by atoms with Crippen molar-refractivity contribution < 1.29 is 17.2 Å². The Kier molecular flexibility index (Phi) is 3.01. The van der Waals surface area contributed by atoms with Crippen LogP contribution in [0.1, 0.15) is 25.5 Å². The normalized spacial score (nSPS) is 34.2. The first-order valence-electron chi connectivity index (χ1n) is 6.80. The molecule has 3 rings (SSSR count). The molecule has 0 spiro atoms. The van der Waals surface area contributed by atoms with Crippen LogP contribution >= 0.6 is 0 Å². The molecule has 1 fully saturated rings. The molecule has 2 heterocycles. The lowest BCUT2D eigenvalue weighted by Crippen LogP contribution is -2.57. The van der Waals surface area contributed by atoms with E-state index >= 15 is 0 Å². The molecule has 0 saturated heterocycles. The number of alkyl halides is 1. The summed E-state index contributed by atoms with van der Waals surface area (Å²) in [6, 6.07) is 2.32. The summed E-state index contributed by atoms with van der Waals surface area (Å²) in [5.41, 5.74) is 9.31. The van der Waals surface area contributed by atoms with Gasteiger partial charge < -0.3 is 11.5 Å². The van der Waals surface area contributed by atoms with Gasteiger partial charge in [0.15, 0.2) is 9.84 Å². The minimum Gasteiger partial charge on any atom is -0.384 e. The molecule has 2 atom stereocenters. The number of rotatable bonds is 2. The number of nitrogens with two attached hydrogens (primary N) is 2. The lowest BCUT2D eigenvalue weighted by Gasteiger charge is -2.36. The second kappa shape index (κ2) is 4.37. The molecule has 1 aliphatic carbocycles. The highest BCUT2D eigenvalue weighted by Crippen LogP contribution is 2.50. The van der Waals surface area contributed by atoms with E-state index < -0.39 is 43.7 Å². The first kappa shape index (κ1) is 15.1. The monoisotopic (exact) mass is 330 g/mol. The van der Waals surface area contributed by atoms with Crippen LogP contribution in [-0.2, 0) is 15.4 Å². The third-order valence-electron chi connectivity index (χ3n) is 4.12. The van der Waals surface area contributed by atoms with Gasteiger partial charge in [-0.05, 0) is 31.9 Å². The van der Waals surface area contributed by atoms with E-state index in [2.05, 4.69) is 9.98 Å². The molecule has 22 heavy (non-hydrogen) atoms. The average Bonchev–Trinajstić information content (AvgIpc) is 3.22. The lowest BCUT2D eigenvalue weighted by molar-refractivity contribution is 0.299. The SMILES string of the molecule is C[C@@]1(c2nc(N)ccc2F)CS(=O)(=O)[C@@](F)(C2CC2)C(N)=N1. The number of aromatic nitrogens is 1. The largest absolute Gasteiger partial charge is 0.384 e. The third-order valence-corrected chi connectivity index (χ3v) is 6.51. The van der Waals surface area contributed by atoms with Gasteiger partial charge in [-0.1, -0.05) is 0 Å². The summed E-state index contributed by atoms with van der Waals surface area (Å²) >= 11 is 0. The molecule has 0 radical (unpaired) electrons. The van der Waals surface area contributed by atoms with Crippen molar-refractivity contribution in [1.82, 2.24) is 4.98 Å². The van der Waals surface area contributed by atoms with Crippen LogP contribution < -0.4 is 11.5 Å². The van der Waals surface area contributed by atoms with Crippen LogP contribution in [0.25, 0.3) is 0 Å².